The molecule has 0 fully saturated rings. The first-order valence-corrected chi connectivity index (χ1v) is 10.1. The van der Waals surface area contributed by atoms with Gasteiger partial charge in [0, 0.05) is 0 Å². The second-order valence-electron chi connectivity index (χ2n) is 5.71. The zero-order chi connectivity index (χ0) is 13.7. The van der Waals surface area contributed by atoms with Crippen LogP contribution in [0.15, 0.2) is 73.3 Å². The van der Waals surface area contributed by atoms with Crippen molar-refractivity contribution < 1.29 is 0 Å². The van der Waals surface area contributed by atoms with Crippen LogP contribution >= 0.6 is 0 Å². The summed E-state index contributed by atoms with van der Waals surface area (Å²) >= 11 is 0. The summed E-state index contributed by atoms with van der Waals surface area (Å²) < 4.78 is 0. The quantitative estimate of drug-likeness (QED) is 0.549. The fourth-order valence-electron chi connectivity index (χ4n) is 2.59. The lowest BCUT2D eigenvalue weighted by molar-refractivity contribution is 0.945. The summed E-state index contributed by atoms with van der Waals surface area (Å²) in [5.41, 5.74) is 1.38. The summed E-state index contributed by atoms with van der Waals surface area (Å²) in [7, 11) is -1.42. The van der Waals surface area contributed by atoms with Gasteiger partial charge < -0.3 is 0 Å². The highest BCUT2D eigenvalue weighted by molar-refractivity contribution is 6.89. The first kappa shape index (κ1) is 13.8. The summed E-state index contributed by atoms with van der Waals surface area (Å²) in [4.78, 5) is 0. The van der Waals surface area contributed by atoms with Crippen LogP contribution in [-0.4, -0.2) is 8.07 Å². The Morgan fingerprint density at radius 3 is 2.00 bits per heavy atom. The Morgan fingerprint density at radius 1 is 0.947 bits per heavy atom. The lowest BCUT2D eigenvalue weighted by atomic mass is 10.0. The molecular weight excluding hydrogens is 244 g/mol. The van der Waals surface area contributed by atoms with E-state index in [9.17, 15) is 0 Å². The van der Waals surface area contributed by atoms with Crippen LogP contribution in [0.5, 0.6) is 0 Å². The van der Waals surface area contributed by atoms with Crippen LogP contribution < -0.4 is 5.19 Å². The Kier molecular flexibility index (Phi) is 4.38. The topological polar surface area (TPSA) is 0 Å². The average Bonchev–Trinajstić information content (AvgIpc) is 2.47. The van der Waals surface area contributed by atoms with Gasteiger partial charge in [-0.2, -0.15) is 0 Å². The van der Waals surface area contributed by atoms with Crippen LogP contribution in [0.1, 0.15) is 11.5 Å². The normalized spacial score (nSPS) is 12.9. The maximum atomic E-state index is 4.04. The highest BCUT2D eigenvalue weighted by atomic mass is 28.3. The van der Waals surface area contributed by atoms with E-state index >= 15 is 0 Å². The molecule has 0 saturated heterocycles. The second-order valence-corrected chi connectivity index (χ2v) is 10.5. The predicted molar refractivity (Wildman–Crippen MR) is 87.7 cm³/mol. The molecule has 0 aromatic heterocycles. The van der Waals surface area contributed by atoms with Gasteiger partial charge in [-0.3, -0.25) is 0 Å². The SMILES string of the molecule is C=CC(C[Si](C)(C)c1ccccc1)c1ccccc1. The molecule has 1 unspecified atom stereocenters. The van der Waals surface area contributed by atoms with Crippen LogP contribution in [-0.2, 0) is 0 Å². The fourth-order valence-corrected chi connectivity index (χ4v) is 5.43. The Hall–Kier alpha value is -1.60. The van der Waals surface area contributed by atoms with Gasteiger partial charge in [0.05, 0.1) is 8.07 Å². The van der Waals surface area contributed by atoms with E-state index in [0.29, 0.717) is 5.92 Å². The van der Waals surface area contributed by atoms with Crippen LogP contribution in [0.25, 0.3) is 0 Å². The third-order valence-electron chi connectivity index (χ3n) is 3.80. The number of benzene rings is 2. The summed E-state index contributed by atoms with van der Waals surface area (Å²) in [6, 6.07) is 22.9. The van der Waals surface area contributed by atoms with Gasteiger partial charge in [0.25, 0.3) is 0 Å². The first-order chi connectivity index (χ1) is 9.13. The van der Waals surface area contributed by atoms with E-state index in [4.69, 9.17) is 0 Å². The number of hydrogen-bond acceptors (Lipinski definition) is 0. The molecule has 0 amide bonds. The van der Waals surface area contributed by atoms with E-state index in [1.165, 1.54) is 16.8 Å². The molecule has 1 heteroatoms. The van der Waals surface area contributed by atoms with Crippen molar-refractivity contribution in [1.29, 1.82) is 0 Å². The minimum atomic E-state index is -1.42. The maximum absolute atomic E-state index is 4.04. The number of hydrogen-bond donors (Lipinski definition) is 0. The maximum Gasteiger partial charge on any atom is 0.0815 e. The zero-order valence-electron chi connectivity index (χ0n) is 11.8. The molecule has 0 nitrogen and oxygen atoms in total. The van der Waals surface area contributed by atoms with Crippen molar-refractivity contribution in [3.63, 3.8) is 0 Å². The van der Waals surface area contributed by atoms with E-state index in [1.54, 1.807) is 0 Å². The molecule has 19 heavy (non-hydrogen) atoms. The summed E-state index contributed by atoms with van der Waals surface area (Å²) in [6.07, 6.45) is 2.10. The van der Waals surface area contributed by atoms with Crippen molar-refractivity contribution >= 4 is 13.3 Å². The summed E-state index contributed by atoms with van der Waals surface area (Å²) in [5.74, 6) is 0.461. The monoisotopic (exact) mass is 266 g/mol. The molecule has 0 heterocycles. The van der Waals surface area contributed by atoms with Crippen LogP contribution in [0, 0.1) is 0 Å². The summed E-state index contributed by atoms with van der Waals surface area (Å²) in [5, 5.41) is 1.53. The van der Waals surface area contributed by atoms with E-state index < -0.39 is 8.07 Å². The molecule has 1 atom stereocenters. The third kappa shape index (κ3) is 3.45. The molecule has 2 aromatic carbocycles. The average molecular weight is 266 g/mol. The molecular formula is C18H22Si. The number of rotatable bonds is 5. The molecule has 0 aliphatic heterocycles. The number of allylic oxidation sites excluding steroid dienone is 1. The van der Waals surface area contributed by atoms with Crippen molar-refractivity contribution in [3.05, 3.63) is 78.9 Å². The van der Waals surface area contributed by atoms with Gasteiger partial charge in [-0.05, 0) is 17.5 Å². The smallest absolute Gasteiger partial charge is 0.0815 e. The Bertz CT molecular complexity index is 514. The van der Waals surface area contributed by atoms with Crippen LogP contribution in [0.4, 0.5) is 0 Å². The Morgan fingerprint density at radius 2 is 1.47 bits per heavy atom. The Labute approximate surface area is 117 Å². The van der Waals surface area contributed by atoms with Gasteiger partial charge in [-0.25, -0.2) is 0 Å². The predicted octanol–water partition coefficient (Wildman–Crippen LogP) is 4.57. The highest BCUT2D eigenvalue weighted by Gasteiger charge is 2.26. The fraction of sp³-hybridized carbons (Fsp3) is 0.222. The first-order valence-electron chi connectivity index (χ1n) is 6.86. The van der Waals surface area contributed by atoms with Crippen molar-refractivity contribution in [3.8, 4) is 0 Å². The van der Waals surface area contributed by atoms with Crippen LogP contribution in [0.2, 0.25) is 19.1 Å². The Balaban J connectivity index is 2.21. The van der Waals surface area contributed by atoms with Crippen molar-refractivity contribution in [2.45, 2.75) is 25.1 Å². The van der Waals surface area contributed by atoms with Gasteiger partial charge in [0.2, 0.25) is 0 Å². The molecule has 98 valence electrons. The minimum absolute atomic E-state index is 0.461. The lowest BCUT2D eigenvalue weighted by Crippen LogP contribution is -2.42. The molecule has 0 spiro atoms. The van der Waals surface area contributed by atoms with E-state index in [0.717, 1.165) is 0 Å². The van der Waals surface area contributed by atoms with Gasteiger partial charge in [0.1, 0.15) is 0 Å². The van der Waals surface area contributed by atoms with E-state index in [1.807, 2.05) is 0 Å². The third-order valence-corrected chi connectivity index (χ3v) is 7.15. The minimum Gasteiger partial charge on any atom is -0.102 e. The van der Waals surface area contributed by atoms with Gasteiger partial charge in [-0.1, -0.05) is 85.0 Å². The second kappa shape index (κ2) is 6.03. The molecule has 0 bridgehead atoms. The molecule has 0 aliphatic carbocycles. The molecule has 0 saturated carbocycles. The van der Waals surface area contributed by atoms with Crippen molar-refractivity contribution in [1.82, 2.24) is 0 Å². The van der Waals surface area contributed by atoms with Gasteiger partial charge in [-0.15, -0.1) is 6.58 Å². The van der Waals surface area contributed by atoms with Crippen LogP contribution in [0.3, 0.4) is 0 Å². The van der Waals surface area contributed by atoms with Crippen molar-refractivity contribution in [2.24, 2.45) is 0 Å². The van der Waals surface area contributed by atoms with Crippen molar-refractivity contribution in [2.75, 3.05) is 0 Å². The van der Waals surface area contributed by atoms with Gasteiger partial charge in [0.15, 0.2) is 0 Å². The van der Waals surface area contributed by atoms with Gasteiger partial charge >= 0.3 is 0 Å². The molecule has 0 radical (unpaired) electrons. The largest absolute Gasteiger partial charge is 0.102 e. The standard InChI is InChI=1S/C18H22Si/c1-4-16(17-11-7-5-8-12-17)15-19(2,3)18-13-9-6-10-14-18/h4-14,16H,1,15H2,2-3H3. The summed E-state index contributed by atoms with van der Waals surface area (Å²) in [6.45, 7) is 8.93. The molecule has 0 N–H and O–H groups in total. The lowest BCUT2D eigenvalue weighted by Gasteiger charge is -2.27. The zero-order valence-corrected chi connectivity index (χ0v) is 12.8. The van der Waals surface area contributed by atoms with E-state index in [-0.39, 0.29) is 0 Å². The van der Waals surface area contributed by atoms with E-state index in [2.05, 4.69) is 86.4 Å². The molecule has 2 aromatic rings. The highest BCUT2D eigenvalue weighted by Crippen LogP contribution is 2.27. The molecule has 0 aliphatic rings. The molecule has 2 rings (SSSR count).